The van der Waals surface area contributed by atoms with Crippen LogP contribution in [0.3, 0.4) is 0 Å². The van der Waals surface area contributed by atoms with Gasteiger partial charge in [0.2, 0.25) is 0 Å². The molecule has 0 bridgehead atoms. The highest BCUT2D eigenvalue weighted by Crippen LogP contribution is 2.34. The summed E-state index contributed by atoms with van der Waals surface area (Å²) in [6.45, 7) is 2.75. The Hall–Kier alpha value is -3.10. The summed E-state index contributed by atoms with van der Waals surface area (Å²) in [5, 5.41) is 8.43. The molecule has 4 aromatic rings. The summed E-state index contributed by atoms with van der Waals surface area (Å²) in [5.74, 6) is 0.712. The van der Waals surface area contributed by atoms with E-state index in [2.05, 4.69) is 15.0 Å². The molecule has 0 spiro atoms. The maximum atomic E-state index is 13.4. The molecule has 0 radical (unpaired) electrons. The fourth-order valence-corrected chi connectivity index (χ4v) is 4.97. The van der Waals surface area contributed by atoms with Gasteiger partial charge in [-0.1, -0.05) is 46.7 Å². The second-order valence-electron chi connectivity index (χ2n) is 7.32. The molecule has 0 aliphatic carbocycles. The highest BCUT2D eigenvalue weighted by Gasteiger charge is 2.26. The van der Waals surface area contributed by atoms with Crippen molar-refractivity contribution >= 4 is 29.3 Å². The Labute approximate surface area is 192 Å². The number of aryl methyl sites for hydroxylation is 1. The van der Waals surface area contributed by atoms with Crippen LogP contribution in [0, 0.1) is 12.7 Å². The molecule has 3 heterocycles. The van der Waals surface area contributed by atoms with Crippen molar-refractivity contribution in [1.82, 2.24) is 20.0 Å². The number of rotatable bonds is 5. The molecule has 9 heteroatoms. The first-order valence-corrected chi connectivity index (χ1v) is 11.4. The first kappa shape index (κ1) is 20.8. The first-order valence-electron chi connectivity index (χ1n) is 10.0. The Morgan fingerprint density at radius 1 is 1.22 bits per heavy atom. The lowest BCUT2D eigenvalue weighted by Gasteiger charge is -2.10. The second kappa shape index (κ2) is 8.44. The van der Waals surface area contributed by atoms with Crippen molar-refractivity contribution in [3.05, 3.63) is 76.4 Å². The Balaban J connectivity index is 1.45. The van der Waals surface area contributed by atoms with E-state index in [9.17, 15) is 9.18 Å². The van der Waals surface area contributed by atoms with Crippen molar-refractivity contribution in [2.45, 2.75) is 25.2 Å². The number of imidazole rings is 1. The number of benzene rings is 2. The number of fused-ring (bicyclic) bond motifs is 1. The number of carbonyl (C=O) groups excluding carboxylic acids is 1. The minimum atomic E-state index is -0.315. The third-order valence-electron chi connectivity index (χ3n) is 5.34. The summed E-state index contributed by atoms with van der Waals surface area (Å²) in [7, 11) is 0. The molecular formula is C23H18ClFN4O2S. The highest BCUT2D eigenvalue weighted by molar-refractivity contribution is 7.99. The number of aromatic nitrogens is 3. The SMILES string of the molecule is Cc1onc(-c2ccccc2Cl)c1C(=O)NCc1c(-c2ccc(F)cc2)nc2n1CCS2. The summed E-state index contributed by atoms with van der Waals surface area (Å²) in [6, 6.07) is 13.4. The standard InChI is InChI=1S/C23H18ClFN4O2S/c1-13-19(21(28-31-13)16-4-2-3-5-17(16)24)22(30)26-12-18-20(14-6-8-15(25)9-7-14)27-23-29(18)10-11-32-23/h2-9H,10-12H2,1H3,(H,26,30). The van der Waals surface area contributed by atoms with Crippen LogP contribution >= 0.6 is 23.4 Å². The Bertz CT molecular complexity index is 1320. The zero-order valence-corrected chi connectivity index (χ0v) is 18.6. The maximum absolute atomic E-state index is 13.4. The van der Waals surface area contributed by atoms with E-state index in [0.717, 1.165) is 34.4 Å². The van der Waals surface area contributed by atoms with Crippen LogP contribution in [0.2, 0.25) is 5.02 Å². The third-order valence-corrected chi connectivity index (χ3v) is 6.62. The van der Waals surface area contributed by atoms with Gasteiger partial charge in [-0.3, -0.25) is 4.79 Å². The molecule has 32 heavy (non-hydrogen) atoms. The van der Waals surface area contributed by atoms with E-state index >= 15 is 0 Å². The lowest BCUT2D eigenvalue weighted by molar-refractivity contribution is 0.0949. The Morgan fingerprint density at radius 3 is 2.78 bits per heavy atom. The summed E-state index contributed by atoms with van der Waals surface area (Å²) in [6.07, 6.45) is 0. The van der Waals surface area contributed by atoms with Crippen molar-refractivity contribution in [3.63, 3.8) is 0 Å². The van der Waals surface area contributed by atoms with Crippen LogP contribution in [0.4, 0.5) is 4.39 Å². The van der Waals surface area contributed by atoms with Gasteiger partial charge in [0.25, 0.3) is 5.91 Å². The molecule has 0 unspecified atom stereocenters. The number of thioether (sulfide) groups is 1. The molecule has 1 aliphatic heterocycles. The Morgan fingerprint density at radius 2 is 2.00 bits per heavy atom. The summed E-state index contributed by atoms with van der Waals surface area (Å²) < 4.78 is 20.8. The molecule has 1 aliphatic rings. The van der Waals surface area contributed by atoms with Crippen molar-refractivity contribution in [1.29, 1.82) is 0 Å². The van der Waals surface area contributed by atoms with Crippen LogP contribution in [0.5, 0.6) is 0 Å². The topological polar surface area (TPSA) is 73.0 Å². The van der Waals surface area contributed by atoms with E-state index in [-0.39, 0.29) is 18.3 Å². The minimum absolute atomic E-state index is 0.256. The van der Waals surface area contributed by atoms with Gasteiger partial charge < -0.3 is 14.4 Å². The van der Waals surface area contributed by atoms with Crippen molar-refractivity contribution < 1.29 is 13.7 Å². The molecule has 2 aromatic heterocycles. The summed E-state index contributed by atoms with van der Waals surface area (Å²) >= 11 is 7.97. The molecule has 5 rings (SSSR count). The number of halogens is 2. The van der Waals surface area contributed by atoms with Gasteiger partial charge in [-0.05, 0) is 37.3 Å². The van der Waals surface area contributed by atoms with E-state index in [1.165, 1.54) is 12.1 Å². The number of hydrogen-bond donors (Lipinski definition) is 1. The van der Waals surface area contributed by atoms with Crippen LogP contribution in [0.1, 0.15) is 21.8 Å². The molecule has 0 saturated carbocycles. The zero-order chi connectivity index (χ0) is 22.2. The van der Waals surface area contributed by atoms with Crippen LogP contribution < -0.4 is 5.32 Å². The monoisotopic (exact) mass is 468 g/mol. The first-order chi connectivity index (χ1) is 15.5. The van der Waals surface area contributed by atoms with E-state index in [4.69, 9.17) is 21.1 Å². The number of hydrogen-bond acceptors (Lipinski definition) is 5. The fraction of sp³-hybridized carbons (Fsp3) is 0.174. The average molecular weight is 469 g/mol. The Kier molecular flexibility index (Phi) is 5.48. The molecular weight excluding hydrogens is 451 g/mol. The van der Waals surface area contributed by atoms with E-state index in [0.29, 0.717) is 27.6 Å². The van der Waals surface area contributed by atoms with Crippen LogP contribution in [0.25, 0.3) is 22.5 Å². The molecule has 2 aromatic carbocycles. The molecule has 0 atom stereocenters. The number of nitrogens with zero attached hydrogens (tertiary/aromatic N) is 3. The van der Waals surface area contributed by atoms with Crippen molar-refractivity contribution in [2.75, 3.05) is 5.75 Å². The number of carbonyl (C=O) groups is 1. The normalized spacial score (nSPS) is 12.7. The molecule has 0 fully saturated rings. The van der Waals surface area contributed by atoms with Gasteiger partial charge in [0, 0.05) is 23.4 Å². The van der Waals surface area contributed by atoms with Crippen molar-refractivity contribution in [3.8, 4) is 22.5 Å². The number of nitrogens with one attached hydrogen (secondary N) is 1. The maximum Gasteiger partial charge on any atom is 0.257 e. The van der Waals surface area contributed by atoms with E-state index in [1.54, 1.807) is 43.0 Å². The average Bonchev–Trinajstić information content (AvgIpc) is 3.48. The summed E-state index contributed by atoms with van der Waals surface area (Å²) in [4.78, 5) is 17.9. The van der Waals surface area contributed by atoms with Crippen LogP contribution in [-0.4, -0.2) is 26.4 Å². The predicted octanol–water partition coefficient (Wildman–Crippen LogP) is 5.34. The fourth-order valence-electron chi connectivity index (χ4n) is 3.78. The molecule has 1 N–H and O–H groups in total. The van der Waals surface area contributed by atoms with Crippen LogP contribution in [-0.2, 0) is 13.1 Å². The minimum Gasteiger partial charge on any atom is -0.360 e. The van der Waals surface area contributed by atoms with E-state index in [1.807, 2.05) is 12.1 Å². The van der Waals surface area contributed by atoms with Gasteiger partial charge in [0.1, 0.15) is 22.8 Å². The molecule has 1 amide bonds. The quantitative estimate of drug-likeness (QED) is 0.428. The van der Waals surface area contributed by atoms with Gasteiger partial charge in [-0.15, -0.1) is 0 Å². The molecule has 0 saturated heterocycles. The van der Waals surface area contributed by atoms with Gasteiger partial charge >= 0.3 is 0 Å². The lowest BCUT2D eigenvalue weighted by Crippen LogP contribution is -2.25. The van der Waals surface area contributed by atoms with Gasteiger partial charge in [0.15, 0.2) is 5.16 Å². The predicted molar refractivity (Wildman–Crippen MR) is 121 cm³/mol. The van der Waals surface area contributed by atoms with Crippen molar-refractivity contribution in [2.24, 2.45) is 0 Å². The zero-order valence-electron chi connectivity index (χ0n) is 17.1. The third kappa shape index (κ3) is 3.69. The summed E-state index contributed by atoms with van der Waals surface area (Å²) in [5.41, 5.74) is 3.79. The lowest BCUT2D eigenvalue weighted by atomic mass is 10.1. The molecule has 6 nitrogen and oxygen atoms in total. The number of amides is 1. The molecule has 162 valence electrons. The van der Waals surface area contributed by atoms with Gasteiger partial charge in [0.05, 0.1) is 23.0 Å². The van der Waals surface area contributed by atoms with Gasteiger partial charge in [-0.2, -0.15) is 0 Å². The highest BCUT2D eigenvalue weighted by atomic mass is 35.5. The van der Waals surface area contributed by atoms with Gasteiger partial charge in [-0.25, -0.2) is 9.37 Å². The smallest absolute Gasteiger partial charge is 0.257 e. The van der Waals surface area contributed by atoms with Crippen LogP contribution in [0.15, 0.2) is 58.2 Å². The largest absolute Gasteiger partial charge is 0.360 e. The second-order valence-corrected chi connectivity index (χ2v) is 8.79. The van der Waals surface area contributed by atoms with E-state index < -0.39 is 0 Å².